The van der Waals surface area contributed by atoms with Crippen LogP contribution in [0.15, 0.2) is 24.3 Å². The van der Waals surface area contributed by atoms with Gasteiger partial charge in [0, 0.05) is 0 Å². The summed E-state index contributed by atoms with van der Waals surface area (Å²) < 4.78 is 13.0. The Hall–Kier alpha value is -1.38. The fraction of sp³-hybridized carbons (Fsp3) is 0.533. The third-order valence-corrected chi connectivity index (χ3v) is 3.05. The maximum absolute atomic E-state index is 13.0. The first kappa shape index (κ1) is 14.7. The summed E-state index contributed by atoms with van der Waals surface area (Å²) >= 11 is 0. The van der Waals surface area contributed by atoms with E-state index in [1.54, 1.807) is 12.1 Å². The molecule has 100 valence electrons. The van der Waals surface area contributed by atoms with E-state index in [-0.39, 0.29) is 5.82 Å². The number of benzene rings is 1. The molecule has 0 bridgehead atoms. The van der Waals surface area contributed by atoms with Crippen LogP contribution in [-0.4, -0.2) is 11.1 Å². The smallest absolute Gasteiger partial charge is 0.306 e. The summed E-state index contributed by atoms with van der Waals surface area (Å²) in [6, 6.07) is 6.19. The molecule has 0 heterocycles. The Morgan fingerprint density at radius 2 is 2.06 bits per heavy atom. The lowest BCUT2D eigenvalue weighted by molar-refractivity contribution is -0.142. The lowest BCUT2D eigenvalue weighted by Crippen LogP contribution is -2.16. The van der Waals surface area contributed by atoms with E-state index in [1.165, 1.54) is 12.1 Å². The van der Waals surface area contributed by atoms with Crippen LogP contribution in [0.5, 0.6) is 0 Å². The van der Waals surface area contributed by atoms with Crippen molar-refractivity contribution in [3.05, 3.63) is 35.6 Å². The summed E-state index contributed by atoms with van der Waals surface area (Å²) in [6.07, 6.45) is 3.01. The van der Waals surface area contributed by atoms with Gasteiger partial charge in [0.1, 0.15) is 5.82 Å². The fourth-order valence-corrected chi connectivity index (χ4v) is 2.03. The molecule has 0 spiro atoms. The second-order valence-electron chi connectivity index (χ2n) is 5.19. The molecule has 1 rings (SSSR count). The molecule has 0 aliphatic carbocycles. The van der Waals surface area contributed by atoms with Gasteiger partial charge in [-0.3, -0.25) is 4.79 Å². The van der Waals surface area contributed by atoms with Gasteiger partial charge in [-0.15, -0.1) is 0 Å². The average Bonchev–Trinajstić information content (AvgIpc) is 2.27. The SMILES string of the molecule is CC(C)CCCC(Cc1cccc(F)c1)C(=O)O. The predicted molar refractivity (Wildman–Crippen MR) is 69.9 cm³/mol. The zero-order chi connectivity index (χ0) is 13.5. The number of aliphatic carboxylic acids is 1. The molecule has 1 N–H and O–H groups in total. The molecular formula is C15H21FO2. The Morgan fingerprint density at radius 3 is 2.61 bits per heavy atom. The molecule has 0 fully saturated rings. The Balaban J connectivity index is 2.55. The van der Waals surface area contributed by atoms with Crippen LogP contribution in [0.25, 0.3) is 0 Å². The van der Waals surface area contributed by atoms with Crippen molar-refractivity contribution in [3.63, 3.8) is 0 Å². The zero-order valence-corrected chi connectivity index (χ0v) is 11.0. The van der Waals surface area contributed by atoms with Crippen LogP contribution < -0.4 is 0 Å². The molecule has 0 aliphatic rings. The summed E-state index contributed by atoms with van der Waals surface area (Å²) in [5.41, 5.74) is 0.756. The highest BCUT2D eigenvalue weighted by Crippen LogP contribution is 2.18. The molecule has 0 radical (unpaired) electrons. The van der Waals surface area contributed by atoms with E-state index < -0.39 is 11.9 Å². The van der Waals surface area contributed by atoms with Gasteiger partial charge in [-0.1, -0.05) is 38.8 Å². The number of carbonyl (C=O) groups is 1. The van der Waals surface area contributed by atoms with E-state index in [0.29, 0.717) is 18.8 Å². The number of carboxylic acids is 1. The van der Waals surface area contributed by atoms with E-state index in [2.05, 4.69) is 13.8 Å². The molecule has 0 aliphatic heterocycles. The molecule has 0 amide bonds. The molecule has 1 atom stereocenters. The number of carboxylic acid groups (broad SMARTS) is 1. The van der Waals surface area contributed by atoms with Crippen LogP contribution in [0, 0.1) is 17.7 Å². The van der Waals surface area contributed by atoms with Gasteiger partial charge in [-0.05, 0) is 36.5 Å². The van der Waals surface area contributed by atoms with Gasteiger partial charge < -0.3 is 5.11 Å². The van der Waals surface area contributed by atoms with Crippen LogP contribution in [0.4, 0.5) is 4.39 Å². The number of halogens is 1. The molecule has 0 saturated heterocycles. The zero-order valence-electron chi connectivity index (χ0n) is 11.0. The summed E-state index contributed by atoms with van der Waals surface area (Å²) in [7, 11) is 0. The quantitative estimate of drug-likeness (QED) is 0.799. The average molecular weight is 252 g/mol. The van der Waals surface area contributed by atoms with Crippen LogP contribution in [0.1, 0.15) is 38.7 Å². The van der Waals surface area contributed by atoms with E-state index in [1.807, 2.05) is 0 Å². The largest absolute Gasteiger partial charge is 0.481 e. The first-order valence-electron chi connectivity index (χ1n) is 6.46. The van der Waals surface area contributed by atoms with Gasteiger partial charge in [0.15, 0.2) is 0 Å². The topological polar surface area (TPSA) is 37.3 Å². The Morgan fingerprint density at radius 1 is 1.33 bits per heavy atom. The van der Waals surface area contributed by atoms with Gasteiger partial charge in [0.05, 0.1) is 5.92 Å². The van der Waals surface area contributed by atoms with E-state index in [9.17, 15) is 14.3 Å². The van der Waals surface area contributed by atoms with Gasteiger partial charge in [0.25, 0.3) is 0 Å². The molecule has 1 aromatic carbocycles. The Kier molecular flexibility index (Phi) is 5.83. The second kappa shape index (κ2) is 7.14. The third kappa shape index (κ3) is 5.30. The first-order valence-corrected chi connectivity index (χ1v) is 6.46. The second-order valence-corrected chi connectivity index (χ2v) is 5.19. The molecule has 1 unspecified atom stereocenters. The van der Waals surface area contributed by atoms with E-state index in [0.717, 1.165) is 18.4 Å². The minimum absolute atomic E-state index is 0.307. The predicted octanol–water partition coefficient (Wildman–Crippen LogP) is 3.90. The first-order chi connectivity index (χ1) is 8.49. The lowest BCUT2D eigenvalue weighted by Gasteiger charge is -2.13. The summed E-state index contributed by atoms with van der Waals surface area (Å²) in [5.74, 6) is -0.916. The molecule has 18 heavy (non-hydrogen) atoms. The minimum atomic E-state index is -0.789. The molecule has 0 saturated carbocycles. The Bertz CT molecular complexity index is 388. The maximum Gasteiger partial charge on any atom is 0.306 e. The highest BCUT2D eigenvalue weighted by molar-refractivity contribution is 5.70. The van der Waals surface area contributed by atoms with Crippen LogP contribution >= 0.6 is 0 Å². The van der Waals surface area contributed by atoms with Crippen LogP contribution in [-0.2, 0) is 11.2 Å². The summed E-state index contributed by atoms with van der Waals surface area (Å²) in [6.45, 7) is 4.25. The maximum atomic E-state index is 13.0. The minimum Gasteiger partial charge on any atom is -0.481 e. The van der Waals surface area contributed by atoms with Crippen molar-refractivity contribution in [1.82, 2.24) is 0 Å². The van der Waals surface area contributed by atoms with Crippen molar-refractivity contribution >= 4 is 5.97 Å². The number of rotatable bonds is 7. The van der Waals surface area contributed by atoms with Crippen molar-refractivity contribution in [2.75, 3.05) is 0 Å². The Labute approximate surface area is 108 Å². The highest BCUT2D eigenvalue weighted by Gasteiger charge is 2.17. The van der Waals surface area contributed by atoms with Gasteiger partial charge >= 0.3 is 5.97 Å². The van der Waals surface area contributed by atoms with Crippen molar-refractivity contribution in [2.45, 2.75) is 39.5 Å². The third-order valence-electron chi connectivity index (χ3n) is 3.05. The van der Waals surface area contributed by atoms with Crippen LogP contribution in [0.2, 0.25) is 0 Å². The van der Waals surface area contributed by atoms with Gasteiger partial charge in [0.2, 0.25) is 0 Å². The highest BCUT2D eigenvalue weighted by atomic mass is 19.1. The van der Waals surface area contributed by atoms with Crippen molar-refractivity contribution in [1.29, 1.82) is 0 Å². The summed E-state index contributed by atoms with van der Waals surface area (Å²) in [5, 5.41) is 9.18. The molecule has 0 aromatic heterocycles. The molecular weight excluding hydrogens is 231 g/mol. The molecule has 2 nitrogen and oxygen atoms in total. The number of hydrogen-bond acceptors (Lipinski definition) is 1. The fourth-order valence-electron chi connectivity index (χ4n) is 2.03. The van der Waals surface area contributed by atoms with E-state index in [4.69, 9.17) is 0 Å². The lowest BCUT2D eigenvalue weighted by atomic mass is 9.92. The van der Waals surface area contributed by atoms with Crippen LogP contribution in [0.3, 0.4) is 0 Å². The normalized spacial score (nSPS) is 12.7. The molecule has 1 aromatic rings. The molecule has 3 heteroatoms. The van der Waals surface area contributed by atoms with Crippen molar-refractivity contribution in [3.8, 4) is 0 Å². The number of hydrogen-bond donors (Lipinski definition) is 1. The van der Waals surface area contributed by atoms with E-state index >= 15 is 0 Å². The summed E-state index contributed by atoms with van der Waals surface area (Å²) in [4.78, 5) is 11.2. The monoisotopic (exact) mass is 252 g/mol. The van der Waals surface area contributed by atoms with Crippen molar-refractivity contribution in [2.24, 2.45) is 11.8 Å². The van der Waals surface area contributed by atoms with Crippen molar-refractivity contribution < 1.29 is 14.3 Å². The standard InChI is InChI=1S/C15H21FO2/c1-11(2)5-3-7-13(15(17)18)9-12-6-4-8-14(16)10-12/h4,6,8,10-11,13H,3,5,7,9H2,1-2H3,(H,17,18). The van der Waals surface area contributed by atoms with Gasteiger partial charge in [-0.2, -0.15) is 0 Å². The van der Waals surface area contributed by atoms with Gasteiger partial charge in [-0.25, -0.2) is 4.39 Å².